The summed E-state index contributed by atoms with van der Waals surface area (Å²) in [5.74, 6) is -1.08. The number of fused-ring (bicyclic) bond motifs is 4. The van der Waals surface area contributed by atoms with Crippen LogP contribution >= 0.6 is 11.3 Å². The summed E-state index contributed by atoms with van der Waals surface area (Å²) < 4.78 is 52.6. The van der Waals surface area contributed by atoms with E-state index in [2.05, 4.69) is 0 Å². The van der Waals surface area contributed by atoms with Crippen molar-refractivity contribution in [3.8, 4) is 28.7 Å². The van der Waals surface area contributed by atoms with E-state index in [0.29, 0.717) is 28.2 Å². The number of hydrogen-bond acceptors (Lipinski definition) is 14. The number of aromatic hydroxyl groups is 1. The molecule has 0 radical (unpaired) electrons. The zero-order chi connectivity index (χ0) is 31.7. The van der Waals surface area contributed by atoms with E-state index in [0.717, 1.165) is 4.88 Å². The van der Waals surface area contributed by atoms with Crippen LogP contribution in [0.1, 0.15) is 39.9 Å². The Hall–Kier alpha value is -3.63. The average molecular weight is 657 g/mol. The van der Waals surface area contributed by atoms with Gasteiger partial charge in [0.05, 0.1) is 44.3 Å². The summed E-state index contributed by atoms with van der Waals surface area (Å²) in [7, 11) is 2.86. The molecule has 1 aromatic heterocycles. The van der Waals surface area contributed by atoms with Crippen molar-refractivity contribution in [1.82, 2.24) is 0 Å². The standard InChI is InChI=1S/C32H32O13S/c1-37-19-6-13(7-20(38-2)25(19)33)23-14-8-17-18(42-12-41-17)9-15(14)28(16-10-39-30(36)24(16)23)44-32-27(35)26(34)29-21(43-32)11-40-31(45-29)22-4-3-5-46-22/h3-9,16,21,23-24,26-29,31-35H,10-12H2,1-2H3/t16-,21-,23+,24-,26-,27-,28+,29-,31+,32+/m0/s1. The average Bonchev–Trinajstić information content (AvgIpc) is 3.85. The van der Waals surface area contributed by atoms with Crippen LogP contribution in [0.25, 0.3) is 0 Å². The third-order valence-corrected chi connectivity index (χ3v) is 10.3. The zero-order valence-electron chi connectivity index (χ0n) is 24.8. The number of ether oxygens (including phenoxy) is 9. The minimum Gasteiger partial charge on any atom is -0.502 e. The molecule has 3 aromatic rings. The molecule has 1 aliphatic carbocycles. The fourth-order valence-electron chi connectivity index (χ4n) is 7.18. The van der Waals surface area contributed by atoms with Gasteiger partial charge in [-0.15, -0.1) is 11.3 Å². The minimum absolute atomic E-state index is 0.0242. The van der Waals surface area contributed by atoms with Crippen molar-refractivity contribution in [3.05, 3.63) is 63.3 Å². The highest BCUT2D eigenvalue weighted by molar-refractivity contribution is 7.10. The van der Waals surface area contributed by atoms with Crippen LogP contribution < -0.4 is 18.9 Å². The Morgan fingerprint density at radius 3 is 2.35 bits per heavy atom. The maximum atomic E-state index is 13.5. The summed E-state index contributed by atoms with van der Waals surface area (Å²) in [6.07, 6.45) is -7.16. The van der Waals surface area contributed by atoms with E-state index < -0.39 is 66.8 Å². The van der Waals surface area contributed by atoms with Crippen molar-refractivity contribution in [3.63, 3.8) is 0 Å². The van der Waals surface area contributed by atoms with Gasteiger partial charge in [0.2, 0.25) is 12.5 Å². The molecule has 0 bridgehead atoms. The number of aliphatic hydroxyl groups is 2. The monoisotopic (exact) mass is 656 g/mol. The Morgan fingerprint density at radius 1 is 0.913 bits per heavy atom. The molecule has 2 aromatic carbocycles. The predicted molar refractivity (Wildman–Crippen MR) is 156 cm³/mol. The van der Waals surface area contributed by atoms with Crippen molar-refractivity contribution >= 4 is 17.3 Å². The van der Waals surface area contributed by atoms with E-state index in [9.17, 15) is 20.1 Å². The second kappa shape index (κ2) is 11.6. The third kappa shape index (κ3) is 4.70. The molecule has 0 saturated carbocycles. The lowest BCUT2D eigenvalue weighted by Crippen LogP contribution is -2.62. The van der Waals surface area contributed by atoms with Crippen LogP contribution in [0, 0.1) is 11.8 Å². The van der Waals surface area contributed by atoms with E-state index in [1.807, 2.05) is 23.6 Å². The van der Waals surface area contributed by atoms with Gasteiger partial charge in [0.15, 0.2) is 35.6 Å². The fraction of sp³-hybridized carbons (Fsp3) is 0.469. The Morgan fingerprint density at radius 2 is 1.65 bits per heavy atom. The lowest BCUT2D eigenvalue weighted by atomic mass is 9.66. The molecule has 0 unspecified atom stereocenters. The molecule has 4 aliphatic heterocycles. The Labute approximate surface area is 267 Å². The van der Waals surface area contributed by atoms with Crippen LogP contribution in [-0.2, 0) is 28.5 Å². The van der Waals surface area contributed by atoms with Gasteiger partial charge in [-0.2, -0.15) is 0 Å². The highest BCUT2D eigenvalue weighted by Gasteiger charge is 2.56. The second-order valence-corrected chi connectivity index (χ2v) is 12.7. The van der Waals surface area contributed by atoms with Crippen LogP contribution in [0.3, 0.4) is 0 Å². The quantitative estimate of drug-likeness (QED) is 0.333. The summed E-state index contributed by atoms with van der Waals surface area (Å²) >= 11 is 1.46. The lowest BCUT2D eigenvalue weighted by molar-refractivity contribution is -0.368. The first-order chi connectivity index (χ1) is 22.4. The summed E-state index contributed by atoms with van der Waals surface area (Å²) in [6.45, 7) is 0.171. The summed E-state index contributed by atoms with van der Waals surface area (Å²) in [6, 6.07) is 10.7. The number of aliphatic hydroxyl groups excluding tert-OH is 2. The number of carbonyl (C=O) groups excluding carboxylic acids is 1. The maximum Gasteiger partial charge on any atom is 0.310 e. The third-order valence-electron chi connectivity index (χ3n) is 9.37. The Balaban J connectivity index is 1.16. The molecule has 5 aliphatic rings. The molecule has 3 fully saturated rings. The first kappa shape index (κ1) is 29.8. The first-order valence-electron chi connectivity index (χ1n) is 14.9. The number of hydrogen-bond donors (Lipinski definition) is 3. The van der Waals surface area contributed by atoms with E-state index in [-0.39, 0.29) is 37.3 Å². The van der Waals surface area contributed by atoms with Crippen molar-refractivity contribution in [2.24, 2.45) is 11.8 Å². The number of cyclic esters (lactones) is 1. The molecule has 10 atom stereocenters. The summed E-state index contributed by atoms with van der Waals surface area (Å²) in [5, 5.41) is 35.0. The van der Waals surface area contributed by atoms with Gasteiger partial charge in [0.25, 0.3) is 0 Å². The largest absolute Gasteiger partial charge is 0.502 e. The Bertz CT molecular complexity index is 1600. The maximum absolute atomic E-state index is 13.5. The molecule has 46 heavy (non-hydrogen) atoms. The number of phenolic OH excluding ortho intramolecular Hbond substituents is 1. The molecule has 8 rings (SSSR count). The molecule has 13 nitrogen and oxygen atoms in total. The van der Waals surface area contributed by atoms with Crippen molar-refractivity contribution in [2.45, 2.75) is 49.0 Å². The fourth-order valence-corrected chi connectivity index (χ4v) is 7.89. The van der Waals surface area contributed by atoms with Crippen molar-refractivity contribution in [2.75, 3.05) is 34.2 Å². The SMILES string of the molecule is COc1cc([C@@H]2c3cc4c(cc3[C@@H](O[C@H]3O[C@H]5CO[C@@H](c6cccs6)O[C@@H]5[C@@H](O)[C@@H]3O)[C@H]3COC(=O)[C@H]23)OCO4)cc(OC)c1O. The van der Waals surface area contributed by atoms with Gasteiger partial charge in [-0.25, -0.2) is 0 Å². The van der Waals surface area contributed by atoms with Crippen molar-refractivity contribution in [1.29, 1.82) is 0 Å². The molecule has 244 valence electrons. The number of esters is 1. The second-order valence-electron chi connectivity index (χ2n) is 11.8. The number of phenols is 1. The van der Waals surface area contributed by atoms with E-state index in [1.165, 1.54) is 25.6 Å². The van der Waals surface area contributed by atoms with Gasteiger partial charge in [-0.3, -0.25) is 4.79 Å². The van der Waals surface area contributed by atoms with Gasteiger partial charge in [-0.1, -0.05) is 6.07 Å². The first-order valence-corrected chi connectivity index (χ1v) is 15.8. The number of benzene rings is 2. The highest BCUT2D eigenvalue weighted by Crippen LogP contribution is 2.57. The van der Waals surface area contributed by atoms with Gasteiger partial charge >= 0.3 is 5.97 Å². The number of rotatable bonds is 6. The van der Waals surface area contributed by atoms with Crippen LogP contribution in [0.15, 0.2) is 41.8 Å². The van der Waals surface area contributed by atoms with Crippen LogP contribution in [-0.4, -0.2) is 86.2 Å². The van der Waals surface area contributed by atoms with E-state index >= 15 is 0 Å². The minimum atomic E-state index is -1.47. The van der Waals surface area contributed by atoms with Crippen molar-refractivity contribution < 1.29 is 62.7 Å². The topological polar surface area (TPSA) is 161 Å². The molecular weight excluding hydrogens is 624 g/mol. The molecule has 14 heteroatoms. The van der Waals surface area contributed by atoms with Crippen LogP contribution in [0.4, 0.5) is 0 Å². The molecule has 3 N–H and O–H groups in total. The van der Waals surface area contributed by atoms with Gasteiger partial charge in [0, 0.05) is 11.8 Å². The smallest absolute Gasteiger partial charge is 0.310 e. The molecule has 3 saturated heterocycles. The van der Waals surface area contributed by atoms with Gasteiger partial charge in [0.1, 0.15) is 24.4 Å². The lowest BCUT2D eigenvalue weighted by Gasteiger charge is -2.48. The number of thiophene rings is 1. The van der Waals surface area contributed by atoms with Crippen LogP contribution in [0.2, 0.25) is 0 Å². The van der Waals surface area contributed by atoms with E-state index in [4.69, 9.17) is 42.6 Å². The zero-order valence-corrected chi connectivity index (χ0v) is 25.6. The van der Waals surface area contributed by atoms with E-state index in [1.54, 1.807) is 18.2 Å². The normalized spacial score (nSPS) is 34.3. The Kier molecular flexibility index (Phi) is 7.48. The number of methoxy groups -OCH3 is 2. The number of carbonyl (C=O) groups is 1. The van der Waals surface area contributed by atoms with Crippen LogP contribution in [0.5, 0.6) is 28.7 Å². The predicted octanol–water partition coefficient (Wildman–Crippen LogP) is 2.75. The molecule has 0 amide bonds. The summed E-state index contributed by atoms with van der Waals surface area (Å²) in [5.41, 5.74) is 2.00. The molecular formula is C32H32O13S. The van der Waals surface area contributed by atoms with Gasteiger partial charge < -0.3 is 58.0 Å². The summed E-state index contributed by atoms with van der Waals surface area (Å²) in [4.78, 5) is 14.3. The van der Waals surface area contributed by atoms with Gasteiger partial charge in [-0.05, 0) is 52.4 Å². The molecule has 5 heterocycles. The molecule has 0 spiro atoms. The highest BCUT2D eigenvalue weighted by atomic mass is 32.1.